The summed E-state index contributed by atoms with van der Waals surface area (Å²) < 4.78 is 0. The lowest BCUT2D eigenvalue weighted by molar-refractivity contribution is -0.185. The number of benzene rings is 1. The summed E-state index contributed by atoms with van der Waals surface area (Å²) >= 11 is 0. The molecule has 0 aromatic heterocycles. The van der Waals surface area contributed by atoms with Crippen LogP contribution in [0.4, 0.5) is 0 Å². The van der Waals surface area contributed by atoms with Gasteiger partial charge in [0.05, 0.1) is 5.60 Å². The molecule has 144 valence electrons. The van der Waals surface area contributed by atoms with E-state index in [9.17, 15) is 5.11 Å². The van der Waals surface area contributed by atoms with Crippen molar-refractivity contribution >= 4 is 0 Å². The van der Waals surface area contributed by atoms with Gasteiger partial charge in [-0.15, -0.1) is 0 Å². The number of unbranched alkanes of at least 4 members (excludes halogenated alkanes) is 1. The molecule has 1 saturated carbocycles. The van der Waals surface area contributed by atoms with Gasteiger partial charge in [-0.3, -0.25) is 4.90 Å². The lowest BCUT2D eigenvalue weighted by atomic mass is 9.57. The number of aliphatic hydroxyl groups is 1. The molecular weight excluding hydrogens is 320 g/mol. The predicted octanol–water partition coefficient (Wildman–Crippen LogP) is 3.73. The van der Waals surface area contributed by atoms with Crippen LogP contribution in [0.2, 0.25) is 0 Å². The topological polar surface area (TPSA) is 26.7 Å². The highest BCUT2D eigenvalue weighted by Gasteiger charge is 2.58. The molecule has 26 heavy (non-hydrogen) atoms. The molecule has 1 aliphatic carbocycles. The first-order valence-electron chi connectivity index (χ1n) is 10.9. The molecule has 0 amide bonds. The zero-order valence-corrected chi connectivity index (χ0v) is 16.6. The van der Waals surface area contributed by atoms with Crippen LogP contribution in [0.1, 0.15) is 51.5 Å². The summed E-state index contributed by atoms with van der Waals surface area (Å²) in [6.07, 6.45) is 6.31. The van der Waals surface area contributed by atoms with Gasteiger partial charge in [0, 0.05) is 31.0 Å². The Morgan fingerprint density at radius 3 is 2.54 bits per heavy atom. The van der Waals surface area contributed by atoms with Gasteiger partial charge >= 0.3 is 0 Å². The minimum Gasteiger partial charge on any atom is -0.384 e. The van der Waals surface area contributed by atoms with Gasteiger partial charge in [-0.25, -0.2) is 0 Å². The van der Waals surface area contributed by atoms with E-state index in [4.69, 9.17) is 0 Å². The van der Waals surface area contributed by atoms with E-state index in [0.717, 1.165) is 25.1 Å². The molecule has 2 aliphatic heterocycles. The molecule has 4 rings (SSSR count). The Balaban J connectivity index is 1.69. The van der Waals surface area contributed by atoms with Crippen molar-refractivity contribution in [2.24, 2.45) is 17.8 Å². The van der Waals surface area contributed by atoms with Gasteiger partial charge in [0.25, 0.3) is 0 Å². The molecule has 2 bridgehead atoms. The van der Waals surface area contributed by atoms with Crippen molar-refractivity contribution in [3.05, 3.63) is 35.9 Å². The van der Waals surface area contributed by atoms with Crippen molar-refractivity contribution < 1.29 is 5.11 Å². The maximum atomic E-state index is 12.2. The fourth-order valence-electron chi connectivity index (χ4n) is 6.23. The first kappa shape index (κ1) is 18.5. The third-order valence-corrected chi connectivity index (χ3v) is 7.40. The fourth-order valence-corrected chi connectivity index (χ4v) is 6.23. The van der Waals surface area contributed by atoms with Crippen LogP contribution in [-0.4, -0.2) is 53.7 Å². The van der Waals surface area contributed by atoms with E-state index in [1.165, 1.54) is 45.3 Å². The molecule has 1 aromatic carbocycles. The van der Waals surface area contributed by atoms with E-state index >= 15 is 0 Å². The first-order valence-corrected chi connectivity index (χ1v) is 10.9. The number of nitrogens with zero attached hydrogens (tertiary/aromatic N) is 2. The number of hydrogen-bond donors (Lipinski definition) is 1. The zero-order valence-electron chi connectivity index (χ0n) is 16.6. The van der Waals surface area contributed by atoms with Crippen molar-refractivity contribution in [2.75, 3.05) is 32.7 Å². The maximum absolute atomic E-state index is 12.2. The molecule has 5 atom stereocenters. The molecule has 1 N–H and O–H groups in total. The Hall–Kier alpha value is -0.900. The van der Waals surface area contributed by atoms with E-state index in [2.05, 4.69) is 54.0 Å². The van der Waals surface area contributed by atoms with Crippen LogP contribution in [0.3, 0.4) is 0 Å². The Labute approximate surface area is 159 Å². The second-order valence-corrected chi connectivity index (χ2v) is 9.05. The molecule has 2 heterocycles. The normalized spacial score (nSPS) is 38.6. The van der Waals surface area contributed by atoms with Gasteiger partial charge in [-0.2, -0.15) is 0 Å². The van der Waals surface area contributed by atoms with Crippen molar-refractivity contribution in [3.8, 4) is 0 Å². The van der Waals surface area contributed by atoms with E-state index in [-0.39, 0.29) is 0 Å². The number of rotatable bonds is 5. The van der Waals surface area contributed by atoms with Crippen molar-refractivity contribution in [3.63, 3.8) is 0 Å². The van der Waals surface area contributed by atoms with Gasteiger partial charge in [0.2, 0.25) is 0 Å². The highest BCUT2D eigenvalue weighted by atomic mass is 16.3. The van der Waals surface area contributed by atoms with E-state index in [1.54, 1.807) is 0 Å². The summed E-state index contributed by atoms with van der Waals surface area (Å²) in [5, 5.41) is 12.2. The monoisotopic (exact) mass is 356 g/mol. The summed E-state index contributed by atoms with van der Waals surface area (Å²) in [6, 6.07) is 11.1. The third-order valence-electron chi connectivity index (χ3n) is 7.40. The van der Waals surface area contributed by atoms with Crippen molar-refractivity contribution in [1.29, 1.82) is 0 Å². The zero-order chi connectivity index (χ0) is 18.1. The average Bonchev–Trinajstić information content (AvgIpc) is 3.17. The van der Waals surface area contributed by atoms with Crippen LogP contribution in [0.15, 0.2) is 30.3 Å². The van der Waals surface area contributed by atoms with Gasteiger partial charge in [-0.1, -0.05) is 50.6 Å². The van der Waals surface area contributed by atoms with Gasteiger partial charge in [0.1, 0.15) is 0 Å². The van der Waals surface area contributed by atoms with Crippen LogP contribution >= 0.6 is 0 Å². The van der Waals surface area contributed by atoms with Crippen LogP contribution in [0.5, 0.6) is 0 Å². The van der Waals surface area contributed by atoms with Crippen molar-refractivity contribution in [1.82, 2.24) is 9.80 Å². The molecular formula is C23H36N2O. The van der Waals surface area contributed by atoms with Gasteiger partial charge < -0.3 is 10.0 Å². The Kier molecular flexibility index (Phi) is 5.41. The lowest BCUT2D eigenvalue weighted by Gasteiger charge is -2.59. The number of piperidine rings is 1. The quantitative estimate of drug-likeness (QED) is 0.871. The van der Waals surface area contributed by atoms with E-state index < -0.39 is 5.60 Å². The molecule has 5 unspecified atom stereocenters. The van der Waals surface area contributed by atoms with Crippen molar-refractivity contribution in [2.45, 2.75) is 57.6 Å². The average molecular weight is 357 g/mol. The molecule has 3 fully saturated rings. The van der Waals surface area contributed by atoms with Gasteiger partial charge in [-0.05, 0) is 56.8 Å². The number of fused-ring (bicyclic) bond motifs is 2. The minimum absolute atomic E-state index is 0.322. The largest absolute Gasteiger partial charge is 0.384 e. The smallest absolute Gasteiger partial charge is 0.0992 e. The highest BCUT2D eigenvalue weighted by Crippen LogP contribution is 2.52. The standard InChI is InChI=1S/C23H36N2O/c1-3-4-12-24-16-20-15-18(2)22(25-13-8-9-14-25)21(17-24)23(20,26)19-10-6-5-7-11-19/h5-7,10-11,18,20-22,26H,3-4,8-9,12-17H2,1-2H3. The molecule has 1 aromatic rings. The minimum atomic E-state index is -0.663. The summed E-state index contributed by atoms with van der Waals surface area (Å²) in [6.45, 7) is 10.4. The molecule has 0 spiro atoms. The van der Waals surface area contributed by atoms with E-state index in [1.807, 2.05) is 0 Å². The molecule has 2 saturated heterocycles. The summed E-state index contributed by atoms with van der Waals surface area (Å²) in [5.41, 5.74) is 0.491. The second kappa shape index (κ2) is 7.61. The summed E-state index contributed by atoms with van der Waals surface area (Å²) in [4.78, 5) is 5.37. The first-order chi connectivity index (χ1) is 12.6. The Bertz CT molecular complexity index is 585. The predicted molar refractivity (Wildman–Crippen MR) is 107 cm³/mol. The second-order valence-electron chi connectivity index (χ2n) is 9.05. The summed E-state index contributed by atoms with van der Waals surface area (Å²) in [7, 11) is 0. The van der Waals surface area contributed by atoms with Crippen LogP contribution < -0.4 is 0 Å². The SMILES string of the molecule is CCCCN1CC2CC(C)C(N3CCCC3)C(C1)C2(O)c1ccccc1. The number of hydrogen-bond acceptors (Lipinski definition) is 3. The van der Waals surface area contributed by atoms with Gasteiger partial charge in [0.15, 0.2) is 0 Å². The number of likely N-dealkylation sites (tertiary alicyclic amines) is 2. The fraction of sp³-hybridized carbons (Fsp3) is 0.739. The van der Waals surface area contributed by atoms with Crippen LogP contribution in [0, 0.1) is 17.8 Å². The summed E-state index contributed by atoms with van der Waals surface area (Å²) in [5.74, 6) is 1.36. The van der Waals surface area contributed by atoms with Crippen LogP contribution in [0.25, 0.3) is 0 Å². The molecule has 3 heteroatoms. The Morgan fingerprint density at radius 1 is 1.12 bits per heavy atom. The Morgan fingerprint density at radius 2 is 1.85 bits per heavy atom. The maximum Gasteiger partial charge on any atom is 0.0992 e. The van der Waals surface area contributed by atoms with Crippen LogP contribution in [-0.2, 0) is 5.60 Å². The molecule has 0 radical (unpaired) electrons. The molecule has 3 aliphatic rings. The highest BCUT2D eigenvalue weighted by molar-refractivity contribution is 5.28. The van der Waals surface area contributed by atoms with E-state index in [0.29, 0.717) is 23.8 Å². The third kappa shape index (κ3) is 3.12. The molecule has 3 nitrogen and oxygen atoms in total. The lowest BCUT2D eigenvalue weighted by Crippen LogP contribution is -2.67.